The van der Waals surface area contributed by atoms with Gasteiger partial charge in [0.25, 0.3) is 5.91 Å². The van der Waals surface area contributed by atoms with Crippen molar-refractivity contribution in [2.45, 2.75) is 25.3 Å². The molecule has 4 nitrogen and oxygen atoms in total. The van der Waals surface area contributed by atoms with Crippen molar-refractivity contribution in [1.29, 1.82) is 0 Å². The maximum atomic E-state index is 12.4. The van der Waals surface area contributed by atoms with Crippen molar-refractivity contribution in [1.82, 2.24) is 9.80 Å². The molecule has 4 heteroatoms. The molecule has 19 heavy (non-hydrogen) atoms. The Kier molecular flexibility index (Phi) is 3.42. The van der Waals surface area contributed by atoms with Crippen LogP contribution in [0.2, 0.25) is 0 Å². The smallest absolute Gasteiger partial charge is 0.257 e. The first-order chi connectivity index (χ1) is 9.25. The Morgan fingerprint density at radius 3 is 2.84 bits per heavy atom. The van der Waals surface area contributed by atoms with Gasteiger partial charge < -0.3 is 10.0 Å². The summed E-state index contributed by atoms with van der Waals surface area (Å²) in [5, 5.41) is 9.79. The number of phenolic OH excluding ortho intramolecular Hbond substituents is 1. The van der Waals surface area contributed by atoms with Gasteiger partial charge in [-0.2, -0.15) is 0 Å². The number of hydrogen-bond donors (Lipinski definition) is 1. The molecule has 0 aromatic heterocycles. The minimum Gasteiger partial charge on any atom is -0.507 e. The second kappa shape index (κ2) is 5.21. The van der Waals surface area contributed by atoms with E-state index >= 15 is 0 Å². The quantitative estimate of drug-likeness (QED) is 0.836. The Morgan fingerprint density at radius 2 is 2.00 bits per heavy atom. The van der Waals surface area contributed by atoms with Crippen LogP contribution in [-0.2, 0) is 0 Å². The van der Waals surface area contributed by atoms with E-state index in [0.29, 0.717) is 11.6 Å². The molecule has 0 bridgehead atoms. The molecule has 2 heterocycles. The van der Waals surface area contributed by atoms with Crippen LogP contribution < -0.4 is 0 Å². The third-order valence-electron chi connectivity index (χ3n) is 4.26. The molecule has 1 aromatic carbocycles. The lowest BCUT2D eigenvalue weighted by molar-refractivity contribution is 0.0370. The van der Waals surface area contributed by atoms with Crippen LogP contribution in [0.1, 0.15) is 29.6 Å². The predicted molar refractivity (Wildman–Crippen MR) is 73.2 cm³/mol. The van der Waals surface area contributed by atoms with Gasteiger partial charge in [0.05, 0.1) is 5.56 Å². The molecule has 2 aliphatic rings. The standard InChI is InChI=1S/C15H20N2O2/c18-14-7-2-1-6-13(14)15(19)17-10-9-16-8-4-3-5-12(16)11-17/h1-2,6-7,12,18H,3-5,8-11H2/t12-/m1/s1. The number of amides is 1. The highest BCUT2D eigenvalue weighted by atomic mass is 16.3. The van der Waals surface area contributed by atoms with E-state index in [-0.39, 0.29) is 11.7 Å². The lowest BCUT2D eigenvalue weighted by atomic mass is 9.99. The number of carbonyl (C=O) groups is 1. The van der Waals surface area contributed by atoms with E-state index in [1.165, 1.54) is 25.8 Å². The van der Waals surface area contributed by atoms with Crippen molar-refractivity contribution in [3.63, 3.8) is 0 Å². The predicted octanol–water partition coefficient (Wildman–Crippen LogP) is 1.70. The Morgan fingerprint density at radius 1 is 1.16 bits per heavy atom. The summed E-state index contributed by atoms with van der Waals surface area (Å²) in [6.45, 7) is 3.70. The SMILES string of the molecule is O=C(c1ccccc1O)N1CCN2CCCC[C@@H]2C1. The van der Waals surface area contributed by atoms with Gasteiger partial charge in [-0.25, -0.2) is 0 Å². The highest BCUT2D eigenvalue weighted by Gasteiger charge is 2.31. The molecule has 1 aromatic rings. The van der Waals surface area contributed by atoms with Crippen LogP contribution in [0.4, 0.5) is 0 Å². The molecular weight excluding hydrogens is 240 g/mol. The summed E-state index contributed by atoms with van der Waals surface area (Å²) in [7, 11) is 0. The van der Waals surface area contributed by atoms with Gasteiger partial charge in [-0.1, -0.05) is 18.6 Å². The summed E-state index contributed by atoms with van der Waals surface area (Å²) in [5.74, 6) is 0.0434. The number of phenols is 1. The fourth-order valence-electron chi connectivity index (χ4n) is 3.17. The molecule has 1 N–H and O–H groups in total. The molecule has 3 rings (SSSR count). The number of piperazine rings is 1. The normalized spacial score (nSPS) is 24.0. The van der Waals surface area contributed by atoms with Crippen LogP contribution in [0.5, 0.6) is 5.75 Å². The molecule has 0 spiro atoms. The monoisotopic (exact) mass is 260 g/mol. The summed E-state index contributed by atoms with van der Waals surface area (Å²) in [6, 6.07) is 7.32. The minimum absolute atomic E-state index is 0.0386. The highest BCUT2D eigenvalue weighted by Crippen LogP contribution is 2.24. The van der Waals surface area contributed by atoms with E-state index in [1.807, 2.05) is 4.90 Å². The molecule has 2 saturated heterocycles. The Labute approximate surface area is 113 Å². The third kappa shape index (κ3) is 2.45. The fraction of sp³-hybridized carbons (Fsp3) is 0.533. The van der Waals surface area contributed by atoms with E-state index in [9.17, 15) is 9.90 Å². The van der Waals surface area contributed by atoms with Gasteiger partial charge in [-0.05, 0) is 31.5 Å². The molecule has 2 fully saturated rings. The van der Waals surface area contributed by atoms with Gasteiger partial charge in [0, 0.05) is 25.7 Å². The fourth-order valence-corrected chi connectivity index (χ4v) is 3.17. The van der Waals surface area contributed by atoms with Gasteiger partial charge in [-0.15, -0.1) is 0 Å². The minimum atomic E-state index is -0.0386. The lowest BCUT2D eigenvalue weighted by Gasteiger charge is -2.44. The summed E-state index contributed by atoms with van der Waals surface area (Å²) >= 11 is 0. The number of hydrogen-bond acceptors (Lipinski definition) is 3. The number of rotatable bonds is 1. The zero-order valence-corrected chi connectivity index (χ0v) is 11.1. The van der Waals surface area contributed by atoms with Crippen LogP contribution in [0.15, 0.2) is 24.3 Å². The topological polar surface area (TPSA) is 43.8 Å². The van der Waals surface area contributed by atoms with Crippen LogP contribution in [0.25, 0.3) is 0 Å². The molecule has 1 atom stereocenters. The second-order valence-corrected chi connectivity index (χ2v) is 5.45. The zero-order chi connectivity index (χ0) is 13.2. The molecule has 0 unspecified atom stereocenters. The number of nitrogens with zero attached hydrogens (tertiary/aromatic N) is 2. The molecule has 102 valence electrons. The van der Waals surface area contributed by atoms with Crippen molar-refractivity contribution >= 4 is 5.91 Å². The zero-order valence-electron chi connectivity index (χ0n) is 11.1. The number of aromatic hydroxyl groups is 1. The van der Waals surface area contributed by atoms with Crippen LogP contribution in [0, 0.1) is 0 Å². The van der Waals surface area contributed by atoms with Crippen LogP contribution in [-0.4, -0.2) is 53.0 Å². The van der Waals surface area contributed by atoms with E-state index in [1.54, 1.807) is 24.3 Å². The first-order valence-electron chi connectivity index (χ1n) is 7.07. The first kappa shape index (κ1) is 12.5. The van der Waals surface area contributed by atoms with Crippen molar-refractivity contribution < 1.29 is 9.90 Å². The van der Waals surface area contributed by atoms with E-state index in [4.69, 9.17) is 0 Å². The second-order valence-electron chi connectivity index (χ2n) is 5.45. The first-order valence-corrected chi connectivity index (χ1v) is 7.07. The number of piperidine rings is 1. The number of carbonyl (C=O) groups excluding carboxylic acids is 1. The van der Waals surface area contributed by atoms with E-state index in [2.05, 4.69) is 4.90 Å². The van der Waals surface area contributed by atoms with Gasteiger partial charge in [0.2, 0.25) is 0 Å². The number of para-hydroxylation sites is 1. The Hall–Kier alpha value is -1.55. The molecule has 2 aliphatic heterocycles. The lowest BCUT2D eigenvalue weighted by Crippen LogP contribution is -2.56. The van der Waals surface area contributed by atoms with E-state index in [0.717, 1.165) is 19.6 Å². The summed E-state index contributed by atoms with van der Waals surface area (Å²) < 4.78 is 0. The van der Waals surface area contributed by atoms with Crippen LogP contribution >= 0.6 is 0 Å². The van der Waals surface area contributed by atoms with Gasteiger partial charge in [0.1, 0.15) is 5.75 Å². The molecular formula is C15H20N2O2. The third-order valence-corrected chi connectivity index (χ3v) is 4.26. The Balaban J connectivity index is 1.73. The molecule has 0 aliphatic carbocycles. The summed E-state index contributed by atoms with van der Waals surface area (Å²) in [4.78, 5) is 16.8. The summed E-state index contributed by atoms with van der Waals surface area (Å²) in [5.41, 5.74) is 0.423. The van der Waals surface area contributed by atoms with Crippen molar-refractivity contribution in [2.24, 2.45) is 0 Å². The number of benzene rings is 1. The molecule has 1 amide bonds. The van der Waals surface area contributed by atoms with Gasteiger partial charge >= 0.3 is 0 Å². The van der Waals surface area contributed by atoms with Crippen molar-refractivity contribution in [2.75, 3.05) is 26.2 Å². The maximum absolute atomic E-state index is 12.4. The van der Waals surface area contributed by atoms with Gasteiger partial charge in [-0.3, -0.25) is 9.69 Å². The van der Waals surface area contributed by atoms with E-state index < -0.39 is 0 Å². The van der Waals surface area contributed by atoms with Crippen molar-refractivity contribution in [3.8, 4) is 5.75 Å². The van der Waals surface area contributed by atoms with Crippen LogP contribution in [0.3, 0.4) is 0 Å². The molecule has 0 radical (unpaired) electrons. The van der Waals surface area contributed by atoms with Gasteiger partial charge in [0.15, 0.2) is 0 Å². The van der Waals surface area contributed by atoms with Crippen molar-refractivity contribution in [3.05, 3.63) is 29.8 Å². The summed E-state index contributed by atoms with van der Waals surface area (Å²) in [6.07, 6.45) is 3.73. The highest BCUT2D eigenvalue weighted by molar-refractivity contribution is 5.96. The Bertz CT molecular complexity index is 475. The maximum Gasteiger partial charge on any atom is 0.257 e. The largest absolute Gasteiger partial charge is 0.507 e. The number of fused-ring (bicyclic) bond motifs is 1. The average molecular weight is 260 g/mol. The molecule has 0 saturated carbocycles. The average Bonchev–Trinajstić information content (AvgIpc) is 2.46.